The molecular formula is C23H14O6. The predicted molar refractivity (Wildman–Crippen MR) is 105 cm³/mol. The Balaban J connectivity index is 2.02. The first-order valence-corrected chi connectivity index (χ1v) is 8.90. The molecule has 0 atom stereocenters. The second kappa shape index (κ2) is 6.04. The Morgan fingerprint density at radius 2 is 1.48 bits per heavy atom. The molecule has 0 saturated heterocycles. The first-order valence-electron chi connectivity index (χ1n) is 8.90. The molecule has 3 aromatic carbocycles. The topological polar surface area (TPSA) is 82.8 Å². The summed E-state index contributed by atoms with van der Waals surface area (Å²) in [7, 11) is 2.69. The summed E-state index contributed by atoms with van der Waals surface area (Å²) in [6.07, 6.45) is 0. The van der Waals surface area contributed by atoms with E-state index in [1.165, 1.54) is 14.2 Å². The molecule has 0 bridgehead atoms. The fraction of sp³-hybridized carbons (Fsp3) is 0.0870. The Hall–Kier alpha value is -3.93. The van der Waals surface area contributed by atoms with Gasteiger partial charge in [-0.1, -0.05) is 48.5 Å². The van der Waals surface area contributed by atoms with Gasteiger partial charge >= 0.3 is 5.97 Å². The van der Waals surface area contributed by atoms with Crippen molar-refractivity contribution in [1.29, 1.82) is 0 Å². The predicted octanol–water partition coefficient (Wildman–Crippen LogP) is 4.16. The van der Waals surface area contributed by atoms with Crippen molar-refractivity contribution in [2.24, 2.45) is 0 Å². The van der Waals surface area contributed by atoms with E-state index in [-0.39, 0.29) is 50.5 Å². The number of benzene rings is 3. The van der Waals surface area contributed by atoms with E-state index in [9.17, 15) is 14.4 Å². The van der Waals surface area contributed by atoms with Crippen LogP contribution in [-0.4, -0.2) is 31.8 Å². The first kappa shape index (κ1) is 17.2. The second-order valence-electron chi connectivity index (χ2n) is 6.66. The van der Waals surface area contributed by atoms with Gasteiger partial charge in [0, 0.05) is 21.9 Å². The fourth-order valence-corrected chi connectivity index (χ4v) is 4.01. The summed E-state index contributed by atoms with van der Waals surface area (Å²) in [5.74, 6) is -1.27. The van der Waals surface area contributed by atoms with Gasteiger partial charge in [0.1, 0.15) is 16.9 Å². The molecular weight excluding hydrogens is 372 g/mol. The van der Waals surface area contributed by atoms with Crippen LogP contribution in [0.25, 0.3) is 21.7 Å². The van der Waals surface area contributed by atoms with Crippen LogP contribution < -0.4 is 4.74 Å². The molecule has 29 heavy (non-hydrogen) atoms. The minimum Gasteiger partial charge on any atom is -0.495 e. The Labute approximate surface area is 164 Å². The number of carbonyl (C=O) groups excluding carboxylic acids is 3. The molecule has 142 valence electrons. The molecule has 5 rings (SSSR count). The first-order chi connectivity index (χ1) is 14.1. The monoisotopic (exact) mass is 386 g/mol. The third-order valence-electron chi connectivity index (χ3n) is 5.24. The molecule has 0 unspecified atom stereocenters. The van der Waals surface area contributed by atoms with Gasteiger partial charge in [-0.25, -0.2) is 4.79 Å². The SMILES string of the molecule is COC(=O)c1c(OC)c2ccccc2c2oc3c(c12)C(=O)c1ccccc1C3=O. The quantitative estimate of drug-likeness (QED) is 0.424. The van der Waals surface area contributed by atoms with Crippen LogP contribution in [0.15, 0.2) is 52.9 Å². The van der Waals surface area contributed by atoms with Crippen molar-refractivity contribution in [2.75, 3.05) is 14.2 Å². The molecule has 1 aliphatic carbocycles. The summed E-state index contributed by atoms with van der Waals surface area (Å²) >= 11 is 0. The van der Waals surface area contributed by atoms with E-state index in [4.69, 9.17) is 13.9 Å². The molecule has 6 nitrogen and oxygen atoms in total. The molecule has 0 spiro atoms. The summed E-state index contributed by atoms with van der Waals surface area (Å²) in [6.45, 7) is 0. The smallest absolute Gasteiger partial charge is 0.342 e. The van der Waals surface area contributed by atoms with Crippen molar-refractivity contribution in [3.8, 4) is 5.75 Å². The Bertz CT molecular complexity index is 1380. The highest BCUT2D eigenvalue weighted by Crippen LogP contribution is 2.44. The minimum atomic E-state index is -0.680. The molecule has 4 aromatic rings. The van der Waals surface area contributed by atoms with Crippen LogP contribution in [0, 0.1) is 0 Å². The Morgan fingerprint density at radius 3 is 2.14 bits per heavy atom. The summed E-state index contributed by atoms with van der Waals surface area (Å²) in [5, 5.41) is 1.48. The van der Waals surface area contributed by atoms with Gasteiger partial charge < -0.3 is 13.9 Å². The second-order valence-corrected chi connectivity index (χ2v) is 6.66. The third kappa shape index (κ3) is 2.14. The van der Waals surface area contributed by atoms with Crippen molar-refractivity contribution in [3.05, 3.63) is 76.5 Å². The van der Waals surface area contributed by atoms with Gasteiger partial charge in [-0.15, -0.1) is 0 Å². The van der Waals surface area contributed by atoms with Crippen LogP contribution in [0.2, 0.25) is 0 Å². The number of fused-ring (bicyclic) bond motifs is 6. The summed E-state index contributed by atoms with van der Waals surface area (Å²) in [4.78, 5) is 39.1. The molecule has 0 amide bonds. The van der Waals surface area contributed by atoms with Crippen LogP contribution in [0.3, 0.4) is 0 Å². The van der Waals surface area contributed by atoms with Crippen molar-refractivity contribution in [1.82, 2.24) is 0 Å². The van der Waals surface area contributed by atoms with Gasteiger partial charge in [-0.2, -0.15) is 0 Å². The number of esters is 1. The molecule has 0 radical (unpaired) electrons. The van der Waals surface area contributed by atoms with Crippen LogP contribution in [0.1, 0.15) is 42.4 Å². The highest BCUT2D eigenvalue weighted by molar-refractivity contribution is 6.34. The molecule has 0 fully saturated rings. The third-order valence-corrected chi connectivity index (χ3v) is 5.24. The molecule has 0 saturated carbocycles. The van der Waals surface area contributed by atoms with Gasteiger partial charge in [0.15, 0.2) is 11.5 Å². The van der Waals surface area contributed by atoms with E-state index in [1.807, 2.05) is 0 Å². The number of methoxy groups -OCH3 is 2. The maximum Gasteiger partial charge on any atom is 0.342 e. The lowest BCUT2D eigenvalue weighted by molar-refractivity contribution is 0.0599. The molecule has 1 aliphatic rings. The largest absolute Gasteiger partial charge is 0.495 e. The van der Waals surface area contributed by atoms with Crippen LogP contribution in [0.5, 0.6) is 5.75 Å². The Morgan fingerprint density at radius 1 is 0.862 bits per heavy atom. The zero-order chi connectivity index (χ0) is 20.3. The van der Waals surface area contributed by atoms with E-state index in [0.717, 1.165) is 0 Å². The van der Waals surface area contributed by atoms with E-state index < -0.39 is 11.8 Å². The lowest BCUT2D eigenvalue weighted by Gasteiger charge is -2.15. The standard InChI is InChI=1S/C23H14O6/c1-27-20-13-9-5-6-10-14(13)21-15(17(20)23(26)28-2)16-18(24)11-7-3-4-8-12(11)19(25)22(16)29-21/h3-10H,1-2H3. The maximum absolute atomic E-state index is 13.3. The molecule has 1 heterocycles. The lowest BCUT2D eigenvalue weighted by atomic mass is 9.85. The van der Waals surface area contributed by atoms with Crippen molar-refractivity contribution >= 4 is 39.3 Å². The molecule has 0 N–H and O–H groups in total. The lowest BCUT2D eigenvalue weighted by Crippen LogP contribution is -2.19. The van der Waals surface area contributed by atoms with Crippen molar-refractivity contribution in [3.63, 3.8) is 0 Å². The van der Waals surface area contributed by atoms with Gasteiger partial charge in [0.25, 0.3) is 0 Å². The van der Waals surface area contributed by atoms with E-state index in [1.54, 1.807) is 48.5 Å². The van der Waals surface area contributed by atoms with Gasteiger partial charge in [0.05, 0.1) is 25.2 Å². The summed E-state index contributed by atoms with van der Waals surface area (Å²) in [6, 6.07) is 13.7. The number of rotatable bonds is 2. The summed E-state index contributed by atoms with van der Waals surface area (Å²) in [5.41, 5.74) is 0.958. The normalized spacial score (nSPS) is 12.8. The molecule has 6 heteroatoms. The van der Waals surface area contributed by atoms with Crippen LogP contribution in [0.4, 0.5) is 0 Å². The zero-order valence-corrected chi connectivity index (χ0v) is 15.6. The fourth-order valence-electron chi connectivity index (χ4n) is 4.01. The van der Waals surface area contributed by atoms with Crippen LogP contribution >= 0.6 is 0 Å². The Kier molecular flexibility index (Phi) is 3.58. The number of ether oxygens (including phenoxy) is 2. The van der Waals surface area contributed by atoms with E-state index in [0.29, 0.717) is 10.8 Å². The molecule has 1 aromatic heterocycles. The van der Waals surface area contributed by atoms with Gasteiger partial charge in [-0.05, 0) is 0 Å². The molecule has 0 aliphatic heterocycles. The average Bonchev–Trinajstić information content (AvgIpc) is 3.17. The zero-order valence-electron chi connectivity index (χ0n) is 15.6. The van der Waals surface area contributed by atoms with E-state index in [2.05, 4.69) is 0 Å². The number of carbonyl (C=O) groups is 3. The minimum absolute atomic E-state index is 0.0631. The number of furan rings is 1. The van der Waals surface area contributed by atoms with Crippen LogP contribution in [-0.2, 0) is 4.74 Å². The number of ketones is 2. The van der Waals surface area contributed by atoms with Gasteiger partial charge in [0.2, 0.25) is 5.78 Å². The highest BCUT2D eigenvalue weighted by Gasteiger charge is 2.38. The summed E-state index contributed by atoms with van der Waals surface area (Å²) < 4.78 is 16.5. The maximum atomic E-state index is 13.3. The highest BCUT2D eigenvalue weighted by atomic mass is 16.5. The van der Waals surface area contributed by atoms with Crippen molar-refractivity contribution < 1.29 is 28.3 Å². The number of hydrogen-bond acceptors (Lipinski definition) is 6. The number of hydrogen-bond donors (Lipinski definition) is 0. The van der Waals surface area contributed by atoms with Gasteiger partial charge in [-0.3, -0.25) is 9.59 Å². The van der Waals surface area contributed by atoms with E-state index >= 15 is 0 Å². The average molecular weight is 386 g/mol. The van der Waals surface area contributed by atoms with Crippen molar-refractivity contribution in [2.45, 2.75) is 0 Å².